The summed E-state index contributed by atoms with van der Waals surface area (Å²) in [6.45, 7) is 10.7. The van der Waals surface area contributed by atoms with Crippen molar-refractivity contribution in [1.82, 2.24) is 14.5 Å². The van der Waals surface area contributed by atoms with Crippen LogP contribution in [-0.2, 0) is 13.1 Å². The van der Waals surface area contributed by atoms with Gasteiger partial charge in [-0.05, 0) is 44.4 Å². The lowest BCUT2D eigenvalue weighted by Crippen LogP contribution is -2.43. The topological polar surface area (TPSA) is 88.3 Å². The van der Waals surface area contributed by atoms with E-state index in [-0.39, 0.29) is 30.3 Å². The van der Waals surface area contributed by atoms with Gasteiger partial charge in [0.15, 0.2) is 0 Å². The van der Waals surface area contributed by atoms with Crippen LogP contribution >= 0.6 is 0 Å². The van der Waals surface area contributed by atoms with Crippen LogP contribution in [0.3, 0.4) is 0 Å². The van der Waals surface area contributed by atoms with Crippen LogP contribution in [0.2, 0.25) is 0 Å². The van der Waals surface area contributed by atoms with E-state index in [0.29, 0.717) is 18.8 Å². The summed E-state index contributed by atoms with van der Waals surface area (Å²) in [5.41, 5.74) is 3.16. The Morgan fingerprint density at radius 1 is 1.16 bits per heavy atom. The highest BCUT2D eigenvalue weighted by atomic mass is 16.3. The third kappa shape index (κ3) is 3.71. The van der Waals surface area contributed by atoms with Crippen molar-refractivity contribution in [3.05, 3.63) is 28.2 Å². The van der Waals surface area contributed by atoms with Crippen molar-refractivity contribution in [2.45, 2.75) is 53.8 Å². The van der Waals surface area contributed by atoms with Crippen molar-refractivity contribution >= 4 is 22.8 Å². The zero-order valence-electron chi connectivity index (χ0n) is 15.6. The summed E-state index contributed by atoms with van der Waals surface area (Å²) in [7, 11) is 0. The van der Waals surface area contributed by atoms with E-state index in [9.17, 15) is 14.7 Å². The van der Waals surface area contributed by atoms with Crippen LogP contribution < -0.4 is 16.3 Å². The Kier molecular flexibility index (Phi) is 5.89. The maximum atomic E-state index is 12.5. The molecule has 0 radical (unpaired) electrons. The summed E-state index contributed by atoms with van der Waals surface area (Å²) >= 11 is 0. The molecule has 0 aliphatic heterocycles. The average Bonchev–Trinajstić information content (AvgIpc) is 2.82. The predicted octanol–water partition coefficient (Wildman–Crippen LogP) is 2.29. The second-order valence-electron chi connectivity index (χ2n) is 6.56. The van der Waals surface area contributed by atoms with E-state index in [4.69, 9.17) is 0 Å². The predicted molar refractivity (Wildman–Crippen MR) is 100 cm³/mol. The van der Waals surface area contributed by atoms with Gasteiger partial charge in [0.1, 0.15) is 0 Å². The highest BCUT2D eigenvalue weighted by Crippen LogP contribution is 2.23. The molecule has 0 saturated carbocycles. The van der Waals surface area contributed by atoms with Gasteiger partial charge in [0.2, 0.25) is 0 Å². The molecule has 0 aliphatic rings. The van der Waals surface area contributed by atoms with Gasteiger partial charge in [0.05, 0.1) is 23.7 Å². The van der Waals surface area contributed by atoms with Crippen molar-refractivity contribution in [2.24, 2.45) is 5.92 Å². The number of amides is 2. The van der Waals surface area contributed by atoms with E-state index in [1.165, 1.54) is 0 Å². The van der Waals surface area contributed by atoms with Crippen molar-refractivity contribution in [3.63, 3.8) is 0 Å². The lowest BCUT2D eigenvalue weighted by Gasteiger charge is -2.20. The number of carbonyl (C=O) groups excluding carboxylic acids is 1. The van der Waals surface area contributed by atoms with Gasteiger partial charge in [-0.2, -0.15) is 0 Å². The zero-order chi connectivity index (χ0) is 18.7. The van der Waals surface area contributed by atoms with Gasteiger partial charge >= 0.3 is 11.7 Å². The number of hydrogen-bond donors (Lipinski definition) is 3. The molecule has 2 amide bonds. The van der Waals surface area contributed by atoms with E-state index in [0.717, 1.165) is 16.6 Å². The second-order valence-corrected chi connectivity index (χ2v) is 6.56. The lowest BCUT2D eigenvalue weighted by atomic mass is 10.1. The van der Waals surface area contributed by atoms with Crippen molar-refractivity contribution in [2.75, 3.05) is 11.9 Å². The first-order valence-electron chi connectivity index (χ1n) is 8.76. The van der Waals surface area contributed by atoms with Crippen LogP contribution in [0, 0.1) is 12.8 Å². The van der Waals surface area contributed by atoms with E-state index >= 15 is 0 Å². The van der Waals surface area contributed by atoms with Crippen molar-refractivity contribution < 1.29 is 9.90 Å². The Balaban J connectivity index is 2.38. The molecule has 1 unspecified atom stereocenters. The number of benzene rings is 1. The average molecular weight is 348 g/mol. The summed E-state index contributed by atoms with van der Waals surface area (Å²) in [6.07, 6.45) is 0. The number of urea groups is 1. The fourth-order valence-electron chi connectivity index (χ4n) is 2.96. The van der Waals surface area contributed by atoms with Gasteiger partial charge in [-0.25, -0.2) is 9.59 Å². The van der Waals surface area contributed by atoms with E-state index in [2.05, 4.69) is 10.6 Å². The lowest BCUT2D eigenvalue weighted by molar-refractivity contribution is 0.204. The van der Waals surface area contributed by atoms with E-state index in [1.807, 2.05) is 46.8 Å². The number of hydrogen-bond acceptors (Lipinski definition) is 3. The van der Waals surface area contributed by atoms with Crippen LogP contribution in [-0.4, -0.2) is 32.9 Å². The molecule has 0 aliphatic carbocycles. The van der Waals surface area contributed by atoms with Crippen LogP contribution in [0.15, 0.2) is 16.9 Å². The van der Waals surface area contributed by atoms with E-state index < -0.39 is 0 Å². The number of rotatable bonds is 6. The first-order valence-corrected chi connectivity index (χ1v) is 8.76. The van der Waals surface area contributed by atoms with Gasteiger partial charge in [0, 0.05) is 18.8 Å². The Morgan fingerprint density at radius 2 is 1.72 bits per heavy atom. The highest BCUT2D eigenvalue weighted by Gasteiger charge is 2.17. The summed E-state index contributed by atoms with van der Waals surface area (Å²) in [5, 5.41) is 15.0. The fourth-order valence-corrected chi connectivity index (χ4v) is 2.96. The maximum Gasteiger partial charge on any atom is 0.329 e. The number of aryl methyl sites for hydroxylation is 3. The molecule has 0 bridgehead atoms. The van der Waals surface area contributed by atoms with Gasteiger partial charge in [0.25, 0.3) is 0 Å². The second kappa shape index (κ2) is 7.74. The molecule has 0 fully saturated rings. The normalized spacial score (nSPS) is 12.6. The quantitative estimate of drug-likeness (QED) is 0.748. The van der Waals surface area contributed by atoms with Crippen molar-refractivity contribution in [1.29, 1.82) is 0 Å². The Morgan fingerprint density at radius 3 is 2.20 bits per heavy atom. The standard InChI is InChI=1S/C18H28N4O3/c1-6-21-15-8-12(5)13(9-16(15)22(7-2)18(21)25)19-17(24)20-14(10-23)11(3)4/h8-9,11,14,23H,6-7,10H2,1-5H3,(H2,19,20,24). The molecule has 0 spiro atoms. The summed E-state index contributed by atoms with van der Waals surface area (Å²) < 4.78 is 3.43. The molecule has 1 heterocycles. The van der Waals surface area contributed by atoms with Gasteiger partial charge < -0.3 is 15.7 Å². The minimum absolute atomic E-state index is 0.0406. The summed E-state index contributed by atoms with van der Waals surface area (Å²) in [5.74, 6) is 0.128. The largest absolute Gasteiger partial charge is 0.394 e. The molecule has 2 aromatic rings. The third-order valence-electron chi connectivity index (χ3n) is 4.56. The minimum atomic E-state index is -0.365. The number of fused-ring (bicyclic) bond motifs is 1. The SMILES string of the molecule is CCn1c(=O)n(CC)c2cc(NC(=O)NC(CO)C(C)C)c(C)cc21. The number of imidazole rings is 1. The Labute approximate surface area is 147 Å². The van der Waals surface area contributed by atoms with E-state index in [1.54, 1.807) is 9.13 Å². The number of nitrogens with zero attached hydrogens (tertiary/aromatic N) is 2. The zero-order valence-corrected chi connectivity index (χ0v) is 15.6. The molecular weight excluding hydrogens is 320 g/mol. The number of carbonyl (C=O) groups is 1. The molecule has 1 aromatic heterocycles. The molecule has 138 valence electrons. The molecule has 1 atom stereocenters. The number of aromatic nitrogens is 2. The summed E-state index contributed by atoms with van der Waals surface area (Å²) in [6, 6.07) is 3.09. The third-order valence-corrected chi connectivity index (χ3v) is 4.56. The molecule has 2 rings (SSSR count). The van der Waals surface area contributed by atoms with Crippen LogP contribution in [0.25, 0.3) is 11.0 Å². The molecule has 0 saturated heterocycles. The van der Waals surface area contributed by atoms with Gasteiger partial charge in [-0.3, -0.25) is 9.13 Å². The molecule has 1 aromatic carbocycles. The number of aliphatic hydroxyl groups excluding tert-OH is 1. The smallest absolute Gasteiger partial charge is 0.329 e. The monoisotopic (exact) mass is 348 g/mol. The highest BCUT2D eigenvalue weighted by molar-refractivity contribution is 5.93. The molecule has 3 N–H and O–H groups in total. The Hall–Kier alpha value is -2.28. The molecule has 7 heteroatoms. The molecule has 25 heavy (non-hydrogen) atoms. The molecular formula is C18H28N4O3. The number of anilines is 1. The fraction of sp³-hybridized carbons (Fsp3) is 0.556. The Bertz CT molecular complexity index is 820. The first kappa shape index (κ1) is 19.1. The summed E-state index contributed by atoms with van der Waals surface area (Å²) in [4.78, 5) is 24.7. The van der Waals surface area contributed by atoms with Crippen LogP contribution in [0.5, 0.6) is 0 Å². The van der Waals surface area contributed by atoms with Crippen LogP contribution in [0.4, 0.5) is 10.5 Å². The molecule has 7 nitrogen and oxygen atoms in total. The number of aliphatic hydroxyl groups is 1. The van der Waals surface area contributed by atoms with Crippen molar-refractivity contribution in [3.8, 4) is 0 Å². The maximum absolute atomic E-state index is 12.5. The number of nitrogens with one attached hydrogen (secondary N) is 2. The van der Waals surface area contributed by atoms with Gasteiger partial charge in [-0.1, -0.05) is 13.8 Å². The van der Waals surface area contributed by atoms with Gasteiger partial charge in [-0.15, -0.1) is 0 Å². The first-order chi connectivity index (χ1) is 11.8. The minimum Gasteiger partial charge on any atom is -0.394 e. The van der Waals surface area contributed by atoms with Crippen LogP contribution in [0.1, 0.15) is 33.3 Å².